The third kappa shape index (κ3) is 3.10. The lowest BCUT2D eigenvalue weighted by Gasteiger charge is -2.00. The highest BCUT2D eigenvalue weighted by molar-refractivity contribution is 14.1. The molecule has 0 saturated heterocycles. The molecule has 130 valence electrons. The molecule has 2 aliphatic rings. The standard InChI is InChI=1S/C13H9I.C13H10/c14-11-6-5-10-7-9-3-1-2-4-12(9)13(10)8-11;1-3-7-12-10(5-1)9-11-6-2-4-8-13(11)12/h1-6,8H,7H2;1-8H,9H2. The lowest BCUT2D eigenvalue weighted by Crippen LogP contribution is -1.79. The van der Waals surface area contributed by atoms with Crippen LogP contribution >= 0.6 is 22.6 Å². The quantitative estimate of drug-likeness (QED) is 0.213. The molecule has 2 aliphatic carbocycles. The van der Waals surface area contributed by atoms with Gasteiger partial charge in [-0.25, -0.2) is 0 Å². The van der Waals surface area contributed by atoms with Gasteiger partial charge in [-0.1, -0.05) is 78.9 Å². The van der Waals surface area contributed by atoms with Crippen molar-refractivity contribution in [3.05, 3.63) is 117 Å². The van der Waals surface area contributed by atoms with Crippen LogP contribution in [0.5, 0.6) is 0 Å². The van der Waals surface area contributed by atoms with Crippen molar-refractivity contribution in [3.63, 3.8) is 0 Å². The van der Waals surface area contributed by atoms with Crippen LogP contribution in [0.2, 0.25) is 0 Å². The van der Waals surface area contributed by atoms with E-state index in [0.717, 1.165) is 12.8 Å². The van der Waals surface area contributed by atoms with Crippen molar-refractivity contribution >= 4 is 22.6 Å². The summed E-state index contributed by atoms with van der Waals surface area (Å²) in [5, 5.41) is 0. The summed E-state index contributed by atoms with van der Waals surface area (Å²) in [6.07, 6.45) is 2.20. The van der Waals surface area contributed by atoms with Crippen molar-refractivity contribution in [2.75, 3.05) is 0 Å². The Labute approximate surface area is 174 Å². The molecule has 1 heteroatoms. The van der Waals surface area contributed by atoms with Gasteiger partial charge < -0.3 is 0 Å². The van der Waals surface area contributed by atoms with Gasteiger partial charge in [0, 0.05) is 3.57 Å². The number of fused-ring (bicyclic) bond motifs is 6. The predicted molar refractivity (Wildman–Crippen MR) is 122 cm³/mol. The smallest absolute Gasteiger partial charge is 0.0136 e. The highest BCUT2D eigenvalue weighted by atomic mass is 127. The van der Waals surface area contributed by atoms with Crippen molar-refractivity contribution < 1.29 is 0 Å². The van der Waals surface area contributed by atoms with Crippen molar-refractivity contribution in [1.29, 1.82) is 0 Å². The Morgan fingerprint density at radius 1 is 0.444 bits per heavy atom. The van der Waals surface area contributed by atoms with E-state index in [1.54, 1.807) is 0 Å². The van der Waals surface area contributed by atoms with Crippen molar-refractivity contribution in [2.24, 2.45) is 0 Å². The van der Waals surface area contributed by atoms with Gasteiger partial charge in [-0.2, -0.15) is 0 Å². The fourth-order valence-electron chi connectivity index (χ4n) is 4.18. The van der Waals surface area contributed by atoms with E-state index >= 15 is 0 Å². The zero-order valence-corrected chi connectivity index (χ0v) is 17.1. The molecule has 0 nitrogen and oxygen atoms in total. The first-order valence-electron chi connectivity index (χ1n) is 9.32. The van der Waals surface area contributed by atoms with Gasteiger partial charge in [-0.15, -0.1) is 0 Å². The molecule has 0 spiro atoms. The van der Waals surface area contributed by atoms with Crippen LogP contribution in [-0.4, -0.2) is 0 Å². The van der Waals surface area contributed by atoms with Crippen LogP contribution in [0, 0.1) is 3.57 Å². The fourth-order valence-corrected chi connectivity index (χ4v) is 4.67. The second-order valence-corrected chi connectivity index (χ2v) is 8.37. The summed E-state index contributed by atoms with van der Waals surface area (Å²) >= 11 is 2.37. The molecule has 0 N–H and O–H groups in total. The van der Waals surface area contributed by atoms with Gasteiger partial charge in [0.2, 0.25) is 0 Å². The summed E-state index contributed by atoms with van der Waals surface area (Å²) in [5.41, 5.74) is 11.5. The first kappa shape index (κ1) is 16.8. The largest absolute Gasteiger partial charge is 0.0619 e. The Kier molecular flexibility index (Phi) is 4.33. The van der Waals surface area contributed by atoms with E-state index in [0.29, 0.717) is 0 Å². The first-order valence-corrected chi connectivity index (χ1v) is 10.4. The second kappa shape index (κ2) is 6.97. The monoisotopic (exact) mass is 458 g/mol. The molecular formula is C26H19I. The summed E-state index contributed by atoms with van der Waals surface area (Å²) in [5.74, 6) is 0. The van der Waals surface area contributed by atoms with Gasteiger partial charge in [0.05, 0.1) is 0 Å². The van der Waals surface area contributed by atoms with Crippen molar-refractivity contribution in [1.82, 2.24) is 0 Å². The number of rotatable bonds is 0. The van der Waals surface area contributed by atoms with Crippen LogP contribution in [0.15, 0.2) is 91.0 Å². The van der Waals surface area contributed by atoms with Gasteiger partial charge in [-0.3, -0.25) is 0 Å². The summed E-state index contributed by atoms with van der Waals surface area (Å²) in [6.45, 7) is 0. The predicted octanol–water partition coefficient (Wildman–Crippen LogP) is 7.12. The number of benzene rings is 4. The normalized spacial score (nSPS) is 12.3. The Bertz CT molecular complexity index is 1100. The first-order chi connectivity index (χ1) is 13.3. The Morgan fingerprint density at radius 2 is 0.852 bits per heavy atom. The molecule has 0 unspecified atom stereocenters. The zero-order chi connectivity index (χ0) is 18.2. The maximum Gasteiger partial charge on any atom is 0.0136 e. The van der Waals surface area contributed by atoms with Crippen molar-refractivity contribution in [3.8, 4) is 22.3 Å². The Hall–Kier alpha value is -2.39. The molecule has 27 heavy (non-hydrogen) atoms. The van der Waals surface area contributed by atoms with Crippen LogP contribution in [0.1, 0.15) is 22.3 Å². The lowest BCUT2D eigenvalue weighted by atomic mass is 10.1. The summed E-state index contributed by atoms with van der Waals surface area (Å²) in [7, 11) is 0. The third-order valence-electron chi connectivity index (χ3n) is 5.47. The summed E-state index contributed by atoms with van der Waals surface area (Å²) in [4.78, 5) is 0. The van der Waals surface area contributed by atoms with E-state index in [9.17, 15) is 0 Å². The van der Waals surface area contributed by atoms with Gasteiger partial charge in [0.1, 0.15) is 0 Å². The molecule has 6 rings (SSSR count). The van der Waals surface area contributed by atoms with Crippen LogP contribution in [0.25, 0.3) is 22.3 Å². The van der Waals surface area contributed by atoms with Crippen LogP contribution in [0.4, 0.5) is 0 Å². The zero-order valence-electron chi connectivity index (χ0n) is 15.0. The van der Waals surface area contributed by atoms with E-state index in [4.69, 9.17) is 0 Å². The van der Waals surface area contributed by atoms with E-state index in [-0.39, 0.29) is 0 Å². The van der Waals surface area contributed by atoms with E-state index in [2.05, 4.69) is 114 Å². The second-order valence-electron chi connectivity index (χ2n) is 7.13. The molecular weight excluding hydrogens is 439 g/mol. The maximum absolute atomic E-state index is 2.37. The van der Waals surface area contributed by atoms with Gasteiger partial charge in [0.15, 0.2) is 0 Å². The minimum Gasteiger partial charge on any atom is -0.0619 e. The molecule has 0 saturated carbocycles. The minimum absolute atomic E-state index is 1.10. The van der Waals surface area contributed by atoms with Crippen LogP contribution < -0.4 is 0 Å². The summed E-state index contributed by atoms with van der Waals surface area (Å²) < 4.78 is 1.32. The SMILES string of the molecule is Ic1ccc2c(c1)-c1ccccc1C2.c1ccc2c(c1)Cc1ccccc1-2. The molecule has 0 heterocycles. The maximum atomic E-state index is 2.37. The molecule has 0 aromatic heterocycles. The minimum atomic E-state index is 1.10. The van der Waals surface area contributed by atoms with Crippen molar-refractivity contribution in [2.45, 2.75) is 12.8 Å². The van der Waals surface area contributed by atoms with Gasteiger partial charge in [-0.05, 0) is 92.1 Å². The molecule has 4 aromatic rings. The molecule has 0 aliphatic heterocycles. The van der Waals surface area contributed by atoms with Gasteiger partial charge in [0.25, 0.3) is 0 Å². The Morgan fingerprint density at radius 3 is 1.37 bits per heavy atom. The number of halogens is 1. The molecule has 0 radical (unpaired) electrons. The third-order valence-corrected chi connectivity index (χ3v) is 6.14. The fraction of sp³-hybridized carbons (Fsp3) is 0.0769. The number of hydrogen-bond donors (Lipinski definition) is 0. The van der Waals surface area contributed by atoms with Crippen LogP contribution in [0.3, 0.4) is 0 Å². The lowest BCUT2D eigenvalue weighted by molar-refractivity contribution is 1.26. The molecule has 0 atom stereocenters. The highest BCUT2D eigenvalue weighted by Crippen LogP contribution is 2.37. The molecule has 0 bridgehead atoms. The summed E-state index contributed by atoms with van der Waals surface area (Å²) in [6, 6.07) is 32.7. The molecule has 4 aromatic carbocycles. The molecule has 0 fully saturated rings. The number of hydrogen-bond acceptors (Lipinski definition) is 0. The topological polar surface area (TPSA) is 0 Å². The Balaban J connectivity index is 0.000000119. The highest BCUT2D eigenvalue weighted by Gasteiger charge is 2.17. The average molecular weight is 458 g/mol. The average Bonchev–Trinajstić information content (AvgIpc) is 3.26. The van der Waals surface area contributed by atoms with E-state index in [1.165, 1.54) is 48.1 Å². The van der Waals surface area contributed by atoms with E-state index < -0.39 is 0 Å². The van der Waals surface area contributed by atoms with E-state index in [1.807, 2.05) is 0 Å². The van der Waals surface area contributed by atoms with Crippen LogP contribution in [-0.2, 0) is 12.8 Å². The molecule has 0 amide bonds. The van der Waals surface area contributed by atoms with Gasteiger partial charge >= 0.3 is 0 Å².